The molecule has 1 aromatic carbocycles. The van der Waals surface area contributed by atoms with Gasteiger partial charge in [-0.15, -0.1) is 0 Å². The number of ether oxygens (including phenoxy) is 1. The van der Waals surface area contributed by atoms with Crippen molar-refractivity contribution in [3.8, 4) is 5.75 Å². The molecule has 0 fully saturated rings. The molecule has 1 atom stereocenters. The summed E-state index contributed by atoms with van der Waals surface area (Å²) in [4.78, 5) is 11.9. The molecule has 1 heterocycles. The largest absolute Gasteiger partial charge is 0.434 e. The summed E-state index contributed by atoms with van der Waals surface area (Å²) in [5.74, 6) is -1.76. The zero-order valence-corrected chi connectivity index (χ0v) is 11.8. The first-order valence-electron chi connectivity index (χ1n) is 6.47. The molecule has 10 heteroatoms. The number of aromatic nitrogens is 2. The van der Waals surface area contributed by atoms with Gasteiger partial charge >= 0.3 is 12.8 Å². The van der Waals surface area contributed by atoms with Crippen molar-refractivity contribution in [2.45, 2.75) is 18.8 Å². The van der Waals surface area contributed by atoms with Crippen molar-refractivity contribution in [1.29, 1.82) is 0 Å². The van der Waals surface area contributed by atoms with Gasteiger partial charge in [0.25, 0.3) is 5.91 Å². The van der Waals surface area contributed by atoms with Gasteiger partial charge in [0.05, 0.1) is 18.0 Å². The van der Waals surface area contributed by atoms with E-state index in [-0.39, 0.29) is 5.56 Å². The number of amides is 1. The minimum absolute atomic E-state index is 0.161. The second-order valence-corrected chi connectivity index (χ2v) is 4.50. The average Bonchev–Trinajstić information content (AvgIpc) is 2.52. The number of para-hydroxylation sites is 1. The van der Waals surface area contributed by atoms with Gasteiger partial charge in [0, 0.05) is 5.56 Å². The molecule has 1 N–H and O–H groups in total. The molecule has 0 aliphatic rings. The highest BCUT2D eigenvalue weighted by molar-refractivity contribution is 5.94. The maximum absolute atomic E-state index is 13.3. The van der Waals surface area contributed by atoms with Crippen molar-refractivity contribution in [1.82, 2.24) is 15.5 Å². The number of hydrogen-bond donors (Lipinski definition) is 1. The van der Waals surface area contributed by atoms with Crippen molar-refractivity contribution in [2.24, 2.45) is 0 Å². The third kappa shape index (κ3) is 4.37. The third-order valence-corrected chi connectivity index (χ3v) is 2.90. The maximum Gasteiger partial charge on any atom is 0.413 e. The van der Waals surface area contributed by atoms with E-state index in [0.29, 0.717) is 0 Å². The van der Waals surface area contributed by atoms with Gasteiger partial charge in [-0.2, -0.15) is 32.1 Å². The van der Waals surface area contributed by atoms with Gasteiger partial charge in [0.15, 0.2) is 6.04 Å². The highest BCUT2D eigenvalue weighted by Crippen LogP contribution is 2.37. The highest BCUT2D eigenvalue weighted by atomic mass is 19.4. The number of carbonyl (C=O) groups is 1. The van der Waals surface area contributed by atoms with Crippen LogP contribution in [-0.2, 0) is 0 Å². The molecule has 24 heavy (non-hydrogen) atoms. The Labute approximate surface area is 132 Å². The first kappa shape index (κ1) is 17.6. The summed E-state index contributed by atoms with van der Waals surface area (Å²) in [5, 5.41) is 8.54. The summed E-state index contributed by atoms with van der Waals surface area (Å²) >= 11 is 0. The number of carbonyl (C=O) groups excluding carboxylic acids is 1. The lowest BCUT2D eigenvalue weighted by atomic mass is 10.0. The second kappa shape index (κ2) is 7.20. The second-order valence-electron chi connectivity index (χ2n) is 4.50. The fourth-order valence-corrected chi connectivity index (χ4v) is 1.90. The van der Waals surface area contributed by atoms with E-state index in [4.69, 9.17) is 0 Å². The van der Waals surface area contributed by atoms with Crippen LogP contribution in [0.1, 0.15) is 22.0 Å². The van der Waals surface area contributed by atoms with Crippen LogP contribution < -0.4 is 10.1 Å². The standard InChI is InChI=1S/C14H10F5N3O2/c15-13(16)24-10-4-2-1-3-9(10)11(14(17,18)19)22-12(23)8-5-6-20-21-7-8/h1-7,11,13H,(H,22,23). The minimum atomic E-state index is -4.93. The summed E-state index contributed by atoms with van der Waals surface area (Å²) in [6, 6.07) is 2.99. The van der Waals surface area contributed by atoms with Gasteiger partial charge in [-0.1, -0.05) is 18.2 Å². The number of benzene rings is 1. The van der Waals surface area contributed by atoms with Crippen molar-refractivity contribution in [2.75, 3.05) is 0 Å². The lowest BCUT2D eigenvalue weighted by molar-refractivity contribution is -0.156. The monoisotopic (exact) mass is 347 g/mol. The summed E-state index contributed by atoms with van der Waals surface area (Å²) in [6.07, 6.45) is -2.83. The van der Waals surface area contributed by atoms with Gasteiger partial charge in [0.1, 0.15) is 5.75 Å². The maximum atomic E-state index is 13.3. The first-order valence-corrected chi connectivity index (χ1v) is 6.47. The summed E-state index contributed by atoms with van der Waals surface area (Å²) in [5.41, 5.74) is -0.799. The van der Waals surface area contributed by atoms with Crippen molar-refractivity contribution < 1.29 is 31.5 Å². The molecule has 0 saturated heterocycles. The number of halogens is 5. The molecular weight excluding hydrogens is 337 g/mol. The van der Waals surface area contributed by atoms with Gasteiger partial charge in [-0.25, -0.2) is 0 Å². The molecule has 1 aromatic heterocycles. The van der Waals surface area contributed by atoms with Crippen LogP contribution in [0.3, 0.4) is 0 Å². The quantitative estimate of drug-likeness (QED) is 0.844. The molecule has 2 rings (SSSR count). The molecule has 128 valence electrons. The fourth-order valence-electron chi connectivity index (χ4n) is 1.90. The Bertz CT molecular complexity index is 694. The number of hydrogen-bond acceptors (Lipinski definition) is 4. The van der Waals surface area contributed by atoms with E-state index >= 15 is 0 Å². The van der Waals surface area contributed by atoms with Crippen molar-refractivity contribution in [3.63, 3.8) is 0 Å². The Morgan fingerprint density at radius 1 is 1.12 bits per heavy atom. The van der Waals surface area contributed by atoms with E-state index in [9.17, 15) is 26.7 Å². The minimum Gasteiger partial charge on any atom is -0.434 e. The molecule has 0 radical (unpaired) electrons. The van der Waals surface area contributed by atoms with Crippen LogP contribution in [0.25, 0.3) is 0 Å². The first-order chi connectivity index (χ1) is 11.3. The molecule has 2 aromatic rings. The molecule has 0 bridgehead atoms. The van der Waals surface area contributed by atoms with Crippen LogP contribution in [0, 0.1) is 0 Å². The Morgan fingerprint density at radius 3 is 2.42 bits per heavy atom. The van der Waals surface area contributed by atoms with E-state index in [1.807, 2.05) is 0 Å². The molecule has 5 nitrogen and oxygen atoms in total. The van der Waals surface area contributed by atoms with E-state index in [1.165, 1.54) is 12.1 Å². The summed E-state index contributed by atoms with van der Waals surface area (Å²) < 4.78 is 68.8. The lowest BCUT2D eigenvalue weighted by Gasteiger charge is -2.24. The van der Waals surface area contributed by atoms with Gasteiger partial charge in [0.2, 0.25) is 0 Å². The third-order valence-electron chi connectivity index (χ3n) is 2.90. The average molecular weight is 347 g/mol. The van der Waals surface area contributed by atoms with Crippen LogP contribution in [0.4, 0.5) is 22.0 Å². The van der Waals surface area contributed by atoms with Gasteiger partial charge in [-0.3, -0.25) is 4.79 Å². The van der Waals surface area contributed by atoms with Gasteiger partial charge in [-0.05, 0) is 12.1 Å². The van der Waals surface area contributed by atoms with E-state index in [2.05, 4.69) is 14.9 Å². The summed E-state index contributed by atoms with van der Waals surface area (Å²) in [6.45, 7) is -3.31. The molecule has 1 unspecified atom stereocenters. The Kier molecular flexibility index (Phi) is 5.27. The Hall–Kier alpha value is -2.78. The Balaban J connectivity index is 2.35. The molecule has 0 aliphatic heterocycles. The highest BCUT2D eigenvalue weighted by Gasteiger charge is 2.43. The van der Waals surface area contributed by atoms with Crippen LogP contribution >= 0.6 is 0 Å². The number of nitrogens with zero attached hydrogens (tertiary/aromatic N) is 2. The molecule has 1 amide bonds. The lowest BCUT2D eigenvalue weighted by Crippen LogP contribution is -2.38. The molecular formula is C14H10F5N3O2. The molecule has 0 saturated carbocycles. The Morgan fingerprint density at radius 2 is 1.83 bits per heavy atom. The van der Waals surface area contributed by atoms with Gasteiger partial charge < -0.3 is 10.1 Å². The SMILES string of the molecule is O=C(NC(c1ccccc1OC(F)F)C(F)(F)F)c1ccnnc1. The zero-order valence-electron chi connectivity index (χ0n) is 11.8. The van der Waals surface area contributed by atoms with E-state index < -0.39 is 36.0 Å². The predicted octanol–water partition coefficient (Wildman–Crippen LogP) is 3.11. The smallest absolute Gasteiger partial charge is 0.413 e. The predicted molar refractivity (Wildman–Crippen MR) is 71.4 cm³/mol. The zero-order chi connectivity index (χ0) is 17.7. The molecule has 0 aliphatic carbocycles. The van der Waals surface area contributed by atoms with E-state index in [0.717, 1.165) is 30.6 Å². The number of rotatable bonds is 5. The van der Waals surface area contributed by atoms with Crippen molar-refractivity contribution in [3.05, 3.63) is 53.9 Å². The number of nitrogens with one attached hydrogen (secondary N) is 1. The number of alkyl halides is 5. The van der Waals surface area contributed by atoms with Crippen LogP contribution in [0.5, 0.6) is 5.75 Å². The van der Waals surface area contributed by atoms with Crippen molar-refractivity contribution >= 4 is 5.91 Å². The molecule has 0 spiro atoms. The summed E-state index contributed by atoms with van der Waals surface area (Å²) in [7, 11) is 0. The van der Waals surface area contributed by atoms with E-state index in [1.54, 1.807) is 5.32 Å². The topological polar surface area (TPSA) is 64.1 Å². The van der Waals surface area contributed by atoms with Crippen LogP contribution in [0.15, 0.2) is 42.7 Å². The fraction of sp³-hybridized carbons (Fsp3) is 0.214. The normalized spacial score (nSPS) is 12.8. The van der Waals surface area contributed by atoms with Crippen LogP contribution in [0.2, 0.25) is 0 Å². The van der Waals surface area contributed by atoms with Crippen LogP contribution in [-0.4, -0.2) is 28.9 Å².